The number of imidazole rings is 1. The van der Waals surface area contributed by atoms with Crippen molar-refractivity contribution in [2.24, 2.45) is 0 Å². The van der Waals surface area contributed by atoms with Crippen LogP contribution in [-0.2, 0) is 11.3 Å². The van der Waals surface area contributed by atoms with E-state index in [1.165, 1.54) is 11.8 Å². The van der Waals surface area contributed by atoms with E-state index in [-0.39, 0.29) is 5.25 Å². The summed E-state index contributed by atoms with van der Waals surface area (Å²) in [5.74, 6) is 0. The van der Waals surface area contributed by atoms with E-state index in [9.17, 15) is 0 Å². The Labute approximate surface area is 111 Å². The molecule has 1 aromatic heterocycles. The molecule has 0 aliphatic rings. The van der Waals surface area contributed by atoms with Crippen LogP contribution in [0.4, 0.5) is 0 Å². The lowest BCUT2D eigenvalue weighted by Gasteiger charge is -2.08. The second-order valence-electron chi connectivity index (χ2n) is 3.92. The Morgan fingerprint density at radius 3 is 3.00 bits per heavy atom. The zero-order valence-electron chi connectivity index (χ0n) is 10.5. The van der Waals surface area contributed by atoms with E-state index in [1.807, 2.05) is 31.2 Å². The number of nitrogens with zero attached hydrogens (tertiary/aromatic N) is 3. The van der Waals surface area contributed by atoms with E-state index in [0.29, 0.717) is 6.61 Å². The Morgan fingerprint density at radius 1 is 1.50 bits per heavy atom. The van der Waals surface area contributed by atoms with Gasteiger partial charge in [-0.15, -0.1) is 0 Å². The summed E-state index contributed by atoms with van der Waals surface area (Å²) in [5, 5.41) is 9.67. The quantitative estimate of drug-likeness (QED) is 0.776. The van der Waals surface area contributed by atoms with Gasteiger partial charge in [0, 0.05) is 13.7 Å². The number of hydrogen-bond acceptors (Lipinski definition) is 4. The highest BCUT2D eigenvalue weighted by molar-refractivity contribution is 8.00. The summed E-state index contributed by atoms with van der Waals surface area (Å²) in [6, 6.07) is 10.2. The highest BCUT2D eigenvalue weighted by atomic mass is 32.2. The van der Waals surface area contributed by atoms with Gasteiger partial charge in [0.2, 0.25) is 0 Å². The minimum atomic E-state index is -0.108. The van der Waals surface area contributed by atoms with Crippen molar-refractivity contribution in [3.05, 3.63) is 24.3 Å². The van der Waals surface area contributed by atoms with Crippen molar-refractivity contribution in [3.63, 3.8) is 0 Å². The maximum Gasteiger partial charge on any atom is 0.170 e. The van der Waals surface area contributed by atoms with Gasteiger partial charge in [0.25, 0.3) is 0 Å². The third-order valence-corrected chi connectivity index (χ3v) is 3.58. The van der Waals surface area contributed by atoms with Crippen molar-refractivity contribution >= 4 is 22.8 Å². The van der Waals surface area contributed by atoms with E-state index < -0.39 is 0 Å². The van der Waals surface area contributed by atoms with Crippen molar-refractivity contribution in [3.8, 4) is 6.07 Å². The van der Waals surface area contributed by atoms with Gasteiger partial charge in [0.05, 0.1) is 29.0 Å². The van der Waals surface area contributed by atoms with Crippen molar-refractivity contribution in [1.82, 2.24) is 9.55 Å². The molecule has 2 aromatic rings. The number of hydrogen-bond donors (Lipinski definition) is 0. The van der Waals surface area contributed by atoms with Crippen molar-refractivity contribution < 1.29 is 4.74 Å². The van der Waals surface area contributed by atoms with Crippen LogP contribution in [0.3, 0.4) is 0 Å². The Bertz CT molecular complexity index is 573. The fourth-order valence-corrected chi connectivity index (χ4v) is 2.56. The first kappa shape index (κ1) is 12.9. The summed E-state index contributed by atoms with van der Waals surface area (Å²) in [7, 11) is 1.68. The Hall–Kier alpha value is -1.51. The van der Waals surface area contributed by atoms with Gasteiger partial charge in [0.15, 0.2) is 5.16 Å². The van der Waals surface area contributed by atoms with Gasteiger partial charge in [0.1, 0.15) is 0 Å². The molecule has 0 fully saturated rings. The van der Waals surface area contributed by atoms with Crippen molar-refractivity contribution in [1.29, 1.82) is 5.26 Å². The number of benzene rings is 1. The van der Waals surface area contributed by atoms with Crippen LogP contribution in [-0.4, -0.2) is 28.5 Å². The molecule has 2 rings (SSSR count). The first-order valence-corrected chi connectivity index (χ1v) is 6.64. The smallest absolute Gasteiger partial charge is 0.170 e. The molecule has 5 heteroatoms. The number of ether oxygens (including phenoxy) is 1. The SMILES string of the molecule is COCCn1c(S[C@H](C)C#N)nc2ccccc21. The molecule has 0 N–H and O–H groups in total. The van der Waals surface area contributed by atoms with E-state index in [1.54, 1.807) is 7.11 Å². The number of rotatable bonds is 5. The molecule has 0 bridgehead atoms. The van der Waals surface area contributed by atoms with Crippen LogP contribution in [0.15, 0.2) is 29.4 Å². The molecule has 0 aliphatic heterocycles. The zero-order chi connectivity index (χ0) is 13.0. The molecule has 1 atom stereocenters. The highest BCUT2D eigenvalue weighted by Crippen LogP contribution is 2.26. The number of methoxy groups -OCH3 is 1. The minimum absolute atomic E-state index is 0.108. The lowest BCUT2D eigenvalue weighted by molar-refractivity contribution is 0.186. The van der Waals surface area contributed by atoms with Crippen LogP contribution >= 0.6 is 11.8 Å². The van der Waals surface area contributed by atoms with Crippen molar-refractivity contribution in [2.45, 2.75) is 23.9 Å². The molecule has 0 radical (unpaired) electrons. The molecule has 0 unspecified atom stereocenters. The lowest BCUT2D eigenvalue weighted by atomic mass is 10.3. The molecule has 0 spiro atoms. The second kappa shape index (κ2) is 5.89. The Kier molecular flexibility index (Phi) is 4.24. The largest absolute Gasteiger partial charge is 0.383 e. The number of thioether (sulfide) groups is 1. The average molecular weight is 261 g/mol. The van der Waals surface area contributed by atoms with Gasteiger partial charge in [-0.1, -0.05) is 23.9 Å². The summed E-state index contributed by atoms with van der Waals surface area (Å²) in [4.78, 5) is 4.57. The summed E-state index contributed by atoms with van der Waals surface area (Å²) in [6.07, 6.45) is 0. The molecule has 0 amide bonds. The maximum atomic E-state index is 8.91. The van der Waals surface area contributed by atoms with Gasteiger partial charge in [-0.05, 0) is 19.1 Å². The van der Waals surface area contributed by atoms with Crippen LogP contribution in [0, 0.1) is 11.3 Å². The van der Waals surface area contributed by atoms with Gasteiger partial charge >= 0.3 is 0 Å². The monoisotopic (exact) mass is 261 g/mol. The number of fused-ring (bicyclic) bond motifs is 1. The first-order valence-electron chi connectivity index (χ1n) is 5.76. The van der Waals surface area contributed by atoms with Crippen LogP contribution < -0.4 is 0 Å². The second-order valence-corrected chi connectivity index (χ2v) is 5.22. The van der Waals surface area contributed by atoms with Gasteiger partial charge in [-0.2, -0.15) is 5.26 Å². The maximum absolute atomic E-state index is 8.91. The summed E-state index contributed by atoms with van der Waals surface area (Å²) in [5.41, 5.74) is 2.04. The van der Waals surface area contributed by atoms with E-state index >= 15 is 0 Å². The van der Waals surface area contributed by atoms with Gasteiger partial charge in [-0.25, -0.2) is 4.98 Å². The lowest BCUT2D eigenvalue weighted by Crippen LogP contribution is -2.06. The van der Waals surface area contributed by atoms with Gasteiger partial charge < -0.3 is 9.30 Å². The standard InChI is InChI=1S/C13H15N3OS/c1-10(9-14)18-13-15-11-5-3-4-6-12(11)16(13)7-8-17-2/h3-6,10H,7-8H2,1-2H3/t10-/m1/s1. The summed E-state index contributed by atoms with van der Waals surface area (Å²) in [6.45, 7) is 3.26. The zero-order valence-corrected chi connectivity index (χ0v) is 11.3. The number of para-hydroxylation sites is 2. The van der Waals surface area contributed by atoms with Crippen LogP contribution in [0.2, 0.25) is 0 Å². The first-order chi connectivity index (χ1) is 8.76. The fraction of sp³-hybridized carbons (Fsp3) is 0.385. The number of nitriles is 1. The van der Waals surface area contributed by atoms with E-state index in [4.69, 9.17) is 10.00 Å². The third-order valence-electron chi connectivity index (χ3n) is 2.60. The topological polar surface area (TPSA) is 50.8 Å². The molecular weight excluding hydrogens is 246 g/mol. The molecule has 0 aliphatic carbocycles. The number of aromatic nitrogens is 2. The highest BCUT2D eigenvalue weighted by Gasteiger charge is 2.13. The predicted molar refractivity (Wildman–Crippen MR) is 72.5 cm³/mol. The molecular formula is C13H15N3OS. The van der Waals surface area contributed by atoms with Crippen LogP contribution in [0.5, 0.6) is 0 Å². The molecule has 1 heterocycles. The van der Waals surface area contributed by atoms with E-state index in [2.05, 4.69) is 15.6 Å². The summed E-state index contributed by atoms with van der Waals surface area (Å²) >= 11 is 1.48. The normalized spacial score (nSPS) is 12.5. The van der Waals surface area contributed by atoms with Crippen LogP contribution in [0.25, 0.3) is 11.0 Å². The average Bonchev–Trinajstić information content (AvgIpc) is 2.73. The molecule has 18 heavy (non-hydrogen) atoms. The molecule has 0 saturated carbocycles. The molecule has 1 aromatic carbocycles. The molecule has 0 saturated heterocycles. The summed E-state index contributed by atoms with van der Waals surface area (Å²) < 4.78 is 7.24. The third kappa shape index (κ3) is 2.66. The predicted octanol–water partition coefficient (Wildman–Crippen LogP) is 2.69. The fourth-order valence-electron chi connectivity index (χ4n) is 1.73. The van der Waals surface area contributed by atoms with Crippen molar-refractivity contribution in [2.75, 3.05) is 13.7 Å². The molecule has 4 nitrogen and oxygen atoms in total. The Morgan fingerprint density at radius 2 is 2.28 bits per heavy atom. The Balaban J connectivity index is 2.40. The van der Waals surface area contributed by atoms with Crippen LogP contribution in [0.1, 0.15) is 6.92 Å². The molecule has 94 valence electrons. The van der Waals surface area contributed by atoms with E-state index in [0.717, 1.165) is 22.7 Å². The van der Waals surface area contributed by atoms with Gasteiger partial charge in [-0.3, -0.25) is 0 Å². The minimum Gasteiger partial charge on any atom is -0.383 e.